The molecule has 3 saturated heterocycles. The minimum absolute atomic E-state index is 0.0559. The summed E-state index contributed by atoms with van der Waals surface area (Å²) in [4.78, 5) is 42.8. The van der Waals surface area contributed by atoms with E-state index in [0.29, 0.717) is 50.3 Å². The molecule has 1 aromatic heterocycles. The number of aliphatic hydroxyl groups excluding tert-OH is 3. The molecule has 20 heteroatoms. The Morgan fingerprint density at radius 3 is 2.31 bits per heavy atom. The van der Waals surface area contributed by atoms with Crippen LogP contribution in [0.4, 0.5) is 0 Å². The minimum Gasteiger partial charge on any atom is -0.493 e. The Morgan fingerprint density at radius 1 is 0.944 bits per heavy atom. The maximum absolute atomic E-state index is 14.4. The Morgan fingerprint density at radius 2 is 1.64 bits per heavy atom. The number of carbonyl (C=O) groups excluding carboxylic acids is 3. The Hall–Kier alpha value is -3.67. The zero-order chi connectivity index (χ0) is 53.5. The quantitative estimate of drug-likeness (QED) is 0.112. The largest absolute Gasteiger partial charge is 0.493 e. The summed E-state index contributed by atoms with van der Waals surface area (Å²) in [5, 5.41) is 67.8. The van der Waals surface area contributed by atoms with E-state index in [2.05, 4.69) is 10.3 Å². The van der Waals surface area contributed by atoms with Crippen molar-refractivity contribution in [1.82, 2.24) is 19.9 Å². The summed E-state index contributed by atoms with van der Waals surface area (Å²) < 4.78 is 50.6. The first-order valence-electron chi connectivity index (χ1n) is 25.7. The minimum atomic E-state index is -2.04. The number of hydrogen-bond donors (Lipinski definition) is 5. The van der Waals surface area contributed by atoms with Crippen LogP contribution in [0.1, 0.15) is 124 Å². The van der Waals surface area contributed by atoms with Crippen LogP contribution in [0.15, 0.2) is 30.5 Å². The van der Waals surface area contributed by atoms with Crippen LogP contribution in [0.25, 0.3) is 0 Å². The fraction of sp³-hybridized carbons (Fsp3) is 0.788. The van der Waals surface area contributed by atoms with Crippen molar-refractivity contribution >= 4 is 17.7 Å². The van der Waals surface area contributed by atoms with Gasteiger partial charge in [0.15, 0.2) is 12.6 Å². The number of aryl methyl sites for hydroxylation is 1. The number of Topliss-reactive ketones (excluding diaryl/α,β-unsaturated/α-hetero) is 1. The lowest BCUT2D eigenvalue weighted by molar-refractivity contribution is -0.318. The molecule has 3 aliphatic rings. The molecular formula is C52H84N4O16. The molecular weight excluding hydrogens is 937 g/mol. The number of ether oxygens (including phenoxy) is 8. The van der Waals surface area contributed by atoms with E-state index in [0.717, 1.165) is 5.69 Å². The Bertz CT molecular complexity index is 2070. The van der Waals surface area contributed by atoms with Gasteiger partial charge in [0, 0.05) is 69.5 Å². The second-order valence-corrected chi connectivity index (χ2v) is 21.1. The van der Waals surface area contributed by atoms with Crippen molar-refractivity contribution in [2.24, 2.45) is 23.7 Å². The number of cyclic esters (lactones) is 1. The third kappa shape index (κ3) is 14.0. The Labute approximate surface area is 424 Å². The van der Waals surface area contributed by atoms with Crippen LogP contribution >= 0.6 is 0 Å². The lowest BCUT2D eigenvalue weighted by atomic mass is 9.74. The second kappa shape index (κ2) is 25.2. The highest BCUT2D eigenvalue weighted by Crippen LogP contribution is 2.41. The number of methoxy groups -OCH3 is 1. The number of esters is 2. The molecule has 0 spiro atoms. The molecule has 3 fully saturated rings. The molecule has 408 valence electrons. The first-order valence-corrected chi connectivity index (χ1v) is 25.7. The molecule has 1 unspecified atom stereocenters. The van der Waals surface area contributed by atoms with Crippen LogP contribution in [0.5, 0.6) is 5.75 Å². The number of aliphatic hydroxyl groups is 5. The van der Waals surface area contributed by atoms with Crippen LogP contribution in [0, 0.1) is 23.7 Å². The smallest absolute Gasteiger partial charge is 0.341 e. The number of ketones is 1. The topological polar surface area (TPSA) is 260 Å². The molecule has 5 N–H and O–H groups in total. The highest BCUT2D eigenvalue weighted by molar-refractivity contribution is 5.92. The number of hydrogen-bond acceptors (Lipinski definition) is 19. The van der Waals surface area contributed by atoms with Gasteiger partial charge >= 0.3 is 11.9 Å². The van der Waals surface area contributed by atoms with Crippen LogP contribution in [-0.4, -0.2) is 181 Å². The predicted molar refractivity (Wildman–Crippen MR) is 261 cm³/mol. The van der Waals surface area contributed by atoms with E-state index in [4.69, 9.17) is 37.9 Å². The van der Waals surface area contributed by atoms with Gasteiger partial charge in [-0.2, -0.15) is 0 Å². The molecule has 20 nitrogen and oxygen atoms in total. The molecule has 0 bridgehead atoms. The standard InChI is InChI=1S/C52H84N4O16/c1-14-39-52(11,64)44(59)31(5)41(57)29(3)26-50(9,63)46(32(6)43(33(7)47(61)70-39)71-40-27-51(10,65-13)45(60)34(8)69-40)72-49-42(58)37(25-30(4)68-49)55(12)23-21-35-28-56(54-53-35)22-18-24-67-38-20-17-16-19-36(38)48(62)66-15-2/h16-17,19-20,28-34,37,39-40,42-46,49,58-60,63-64H,14-15,18,21-27H2,1-13H3/t29-,30-,31-,32+,33-,34+,37+,39-,40+,42-,43+,44-,45+,46-,49+,50-,51-,52?/m1/s1. The summed E-state index contributed by atoms with van der Waals surface area (Å²) in [6.45, 7) is 19.6. The molecule has 72 heavy (non-hydrogen) atoms. The molecule has 4 heterocycles. The van der Waals surface area contributed by atoms with Crippen molar-refractivity contribution in [3.63, 3.8) is 0 Å². The summed E-state index contributed by atoms with van der Waals surface area (Å²) >= 11 is 0. The average molecular weight is 1020 g/mol. The van der Waals surface area contributed by atoms with Crippen molar-refractivity contribution < 1.29 is 77.8 Å². The molecule has 0 aliphatic carbocycles. The highest BCUT2D eigenvalue weighted by Gasteiger charge is 2.53. The molecule has 2 aromatic rings. The molecule has 3 aliphatic heterocycles. The summed E-state index contributed by atoms with van der Waals surface area (Å²) in [5.41, 5.74) is -3.92. The van der Waals surface area contributed by atoms with E-state index in [-0.39, 0.29) is 25.9 Å². The van der Waals surface area contributed by atoms with Gasteiger partial charge in [-0.1, -0.05) is 45.0 Å². The van der Waals surface area contributed by atoms with E-state index < -0.39 is 126 Å². The fourth-order valence-electron chi connectivity index (χ4n) is 10.7. The molecule has 0 radical (unpaired) electrons. The zero-order valence-electron chi connectivity index (χ0n) is 44.6. The van der Waals surface area contributed by atoms with Gasteiger partial charge in [0.05, 0.1) is 66.5 Å². The first kappa shape index (κ1) is 59.2. The molecule has 0 saturated carbocycles. The Balaban J connectivity index is 1.37. The van der Waals surface area contributed by atoms with Crippen molar-refractivity contribution in [3.8, 4) is 5.75 Å². The predicted octanol–water partition coefficient (Wildman–Crippen LogP) is 3.64. The Kier molecular flexibility index (Phi) is 20.8. The maximum atomic E-state index is 14.4. The van der Waals surface area contributed by atoms with Crippen molar-refractivity contribution in [2.45, 2.75) is 205 Å². The van der Waals surface area contributed by atoms with Crippen molar-refractivity contribution in [2.75, 3.05) is 33.9 Å². The van der Waals surface area contributed by atoms with Gasteiger partial charge in [0.1, 0.15) is 41.0 Å². The lowest BCUT2D eigenvalue weighted by Gasteiger charge is -2.49. The molecule has 18 atom stereocenters. The van der Waals surface area contributed by atoms with Crippen LogP contribution < -0.4 is 4.74 Å². The monoisotopic (exact) mass is 1020 g/mol. The number of para-hydroxylation sites is 1. The van der Waals surface area contributed by atoms with E-state index >= 15 is 0 Å². The molecule has 1 aromatic carbocycles. The maximum Gasteiger partial charge on any atom is 0.341 e. The average Bonchev–Trinajstić information content (AvgIpc) is 3.80. The van der Waals surface area contributed by atoms with Gasteiger partial charge in [0.25, 0.3) is 0 Å². The number of nitrogens with zero attached hydrogens (tertiary/aromatic N) is 4. The van der Waals surface area contributed by atoms with E-state index in [1.165, 1.54) is 27.9 Å². The second-order valence-electron chi connectivity index (χ2n) is 21.1. The van der Waals surface area contributed by atoms with Crippen molar-refractivity contribution in [1.29, 1.82) is 0 Å². The summed E-state index contributed by atoms with van der Waals surface area (Å²) in [6, 6.07) is 6.45. The highest BCUT2D eigenvalue weighted by atomic mass is 16.7. The van der Waals surface area contributed by atoms with Gasteiger partial charge in [0.2, 0.25) is 0 Å². The third-order valence-corrected chi connectivity index (χ3v) is 15.2. The van der Waals surface area contributed by atoms with Gasteiger partial charge in [-0.3, -0.25) is 14.3 Å². The summed E-state index contributed by atoms with van der Waals surface area (Å²) in [7, 11) is 3.36. The normalized spacial score (nSPS) is 38.5. The number of rotatable bonds is 17. The lowest BCUT2D eigenvalue weighted by Crippen LogP contribution is -2.61. The van der Waals surface area contributed by atoms with Gasteiger partial charge < -0.3 is 68.3 Å². The summed E-state index contributed by atoms with van der Waals surface area (Å²) in [6.07, 6.45) is -7.73. The van der Waals surface area contributed by atoms with Crippen LogP contribution in [0.3, 0.4) is 0 Å². The van der Waals surface area contributed by atoms with Gasteiger partial charge in [-0.25, -0.2) is 4.79 Å². The number of carbonyl (C=O) groups is 3. The van der Waals surface area contributed by atoms with Crippen LogP contribution in [0.2, 0.25) is 0 Å². The molecule has 5 rings (SSSR count). The van der Waals surface area contributed by atoms with E-state index in [9.17, 15) is 39.9 Å². The first-order chi connectivity index (χ1) is 33.8. The number of benzene rings is 1. The van der Waals surface area contributed by atoms with Gasteiger partial charge in [-0.15, -0.1) is 5.10 Å². The fourth-order valence-corrected chi connectivity index (χ4v) is 10.7. The SMILES string of the molecule is CCOC(=O)c1ccccc1OCCCn1cc(CCN(C)[C@H]2C[C@@H](C)O[C@@H](O[C@@H]3[C@@H](C)[C@H](O[C@H]4C[C@@](C)(OC)[C@@H](O)[C@H](C)O4)[C@@H](C)C(=O)O[C@H](CC)C(C)(O)[C@H](O)[C@H](C)C(=O)[C@H](C)C[C@@]3(C)O)[C@@H]2O)nn1. The zero-order valence-corrected chi connectivity index (χ0v) is 44.6. The third-order valence-electron chi connectivity index (χ3n) is 15.2. The van der Waals surface area contributed by atoms with Gasteiger partial charge in [-0.05, 0) is 86.9 Å². The number of aromatic nitrogens is 3. The van der Waals surface area contributed by atoms with Crippen molar-refractivity contribution in [3.05, 3.63) is 41.7 Å². The summed E-state index contributed by atoms with van der Waals surface area (Å²) in [5.74, 6) is -5.28. The number of likely N-dealkylation sites (N-methyl/N-ethyl adjacent to an activating group) is 1. The van der Waals surface area contributed by atoms with E-state index in [1.54, 1.807) is 77.4 Å². The van der Waals surface area contributed by atoms with Crippen LogP contribution in [-0.2, 0) is 55.7 Å². The molecule has 0 amide bonds. The van der Waals surface area contributed by atoms with E-state index in [1.807, 2.05) is 25.1 Å².